The Hall–Kier alpha value is -3.15. The molecule has 1 amide bonds. The minimum absolute atomic E-state index is 0.0110. The first-order chi connectivity index (χ1) is 13.7. The normalized spacial score (nSPS) is 12.8. The van der Waals surface area contributed by atoms with E-state index in [-0.39, 0.29) is 12.5 Å². The second-order valence-electron chi connectivity index (χ2n) is 6.85. The Bertz CT molecular complexity index is 950. The van der Waals surface area contributed by atoms with E-state index in [0.29, 0.717) is 24.0 Å². The topological polar surface area (TPSA) is 68.5 Å². The summed E-state index contributed by atoms with van der Waals surface area (Å²) in [6.45, 7) is 2.85. The highest BCUT2D eigenvalue weighted by atomic mass is 16.5. The van der Waals surface area contributed by atoms with E-state index in [9.17, 15) is 4.79 Å². The third-order valence-corrected chi connectivity index (χ3v) is 4.88. The molecule has 2 aromatic carbocycles. The molecule has 0 spiro atoms. The molecule has 1 aliphatic rings. The van der Waals surface area contributed by atoms with Gasteiger partial charge in [0.15, 0.2) is 6.61 Å². The SMILES string of the molecule is CCCCc1nc(-c2ccc(OCC(=O)N3CCc4ccccc43)cc2)no1. The van der Waals surface area contributed by atoms with E-state index in [0.717, 1.165) is 36.9 Å². The molecule has 1 aromatic heterocycles. The van der Waals surface area contributed by atoms with E-state index in [1.807, 2.05) is 42.5 Å². The molecule has 0 saturated heterocycles. The molecule has 0 N–H and O–H groups in total. The van der Waals surface area contributed by atoms with Crippen molar-refractivity contribution >= 4 is 11.6 Å². The Labute approximate surface area is 164 Å². The number of rotatable bonds is 7. The van der Waals surface area contributed by atoms with Crippen LogP contribution in [0.2, 0.25) is 0 Å². The van der Waals surface area contributed by atoms with E-state index >= 15 is 0 Å². The third-order valence-electron chi connectivity index (χ3n) is 4.88. The van der Waals surface area contributed by atoms with Gasteiger partial charge in [-0.3, -0.25) is 4.79 Å². The van der Waals surface area contributed by atoms with Crippen LogP contribution in [0, 0.1) is 0 Å². The lowest BCUT2D eigenvalue weighted by atomic mass is 10.2. The number of carbonyl (C=O) groups excluding carboxylic acids is 1. The predicted molar refractivity (Wildman–Crippen MR) is 106 cm³/mol. The van der Waals surface area contributed by atoms with E-state index in [4.69, 9.17) is 9.26 Å². The van der Waals surface area contributed by atoms with Gasteiger partial charge in [-0.05, 0) is 48.7 Å². The number of nitrogens with zero attached hydrogens (tertiary/aromatic N) is 3. The number of aromatic nitrogens is 2. The van der Waals surface area contributed by atoms with Crippen molar-refractivity contribution < 1.29 is 14.1 Å². The molecule has 0 radical (unpaired) electrons. The van der Waals surface area contributed by atoms with Gasteiger partial charge in [0.25, 0.3) is 5.91 Å². The summed E-state index contributed by atoms with van der Waals surface area (Å²) in [7, 11) is 0. The number of benzene rings is 2. The number of fused-ring (bicyclic) bond motifs is 1. The summed E-state index contributed by atoms with van der Waals surface area (Å²) in [6.07, 6.45) is 3.81. The predicted octanol–water partition coefficient (Wildman–Crippen LogP) is 4.05. The maximum atomic E-state index is 12.5. The Morgan fingerprint density at radius 2 is 2.00 bits per heavy atom. The summed E-state index contributed by atoms with van der Waals surface area (Å²) in [6, 6.07) is 15.4. The fourth-order valence-corrected chi connectivity index (χ4v) is 3.32. The van der Waals surface area contributed by atoms with Gasteiger partial charge < -0.3 is 14.2 Å². The van der Waals surface area contributed by atoms with Crippen LogP contribution < -0.4 is 9.64 Å². The molecule has 0 saturated carbocycles. The van der Waals surface area contributed by atoms with Crippen molar-refractivity contribution in [2.45, 2.75) is 32.6 Å². The third kappa shape index (κ3) is 3.91. The number of unbranched alkanes of at least 4 members (excludes halogenated alkanes) is 1. The Morgan fingerprint density at radius 1 is 1.18 bits per heavy atom. The number of anilines is 1. The molecule has 6 nitrogen and oxygen atoms in total. The Balaban J connectivity index is 1.35. The first-order valence-corrected chi connectivity index (χ1v) is 9.68. The van der Waals surface area contributed by atoms with Gasteiger partial charge in [0.05, 0.1) is 0 Å². The maximum absolute atomic E-state index is 12.5. The highest BCUT2D eigenvalue weighted by Crippen LogP contribution is 2.27. The fourth-order valence-electron chi connectivity index (χ4n) is 3.32. The van der Waals surface area contributed by atoms with Gasteiger partial charge in [-0.2, -0.15) is 4.98 Å². The molecule has 0 atom stereocenters. The van der Waals surface area contributed by atoms with Gasteiger partial charge in [-0.15, -0.1) is 0 Å². The molecule has 0 unspecified atom stereocenters. The van der Waals surface area contributed by atoms with E-state index < -0.39 is 0 Å². The first-order valence-electron chi connectivity index (χ1n) is 9.68. The van der Waals surface area contributed by atoms with Gasteiger partial charge in [0.1, 0.15) is 5.75 Å². The van der Waals surface area contributed by atoms with E-state index in [1.54, 1.807) is 4.90 Å². The lowest BCUT2D eigenvalue weighted by Crippen LogP contribution is -2.33. The molecule has 0 aliphatic carbocycles. The lowest BCUT2D eigenvalue weighted by Gasteiger charge is -2.17. The van der Waals surface area contributed by atoms with Crippen LogP contribution in [-0.2, 0) is 17.6 Å². The second-order valence-corrected chi connectivity index (χ2v) is 6.85. The zero-order valence-corrected chi connectivity index (χ0v) is 15.9. The summed E-state index contributed by atoms with van der Waals surface area (Å²) in [5.74, 6) is 1.84. The number of hydrogen-bond donors (Lipinski definition) is 0. The van der Waals surface area contributed by atoms with Crippen molar-refractivity contribution in [1.29, 1.82) is 0 Å². The largest absolute Gasteiger partial charge is 0.484 e. The van der Waals surface area contributed by atoms with Crippen LogP contribution in [0.5, 0.6) is 5.75 Å². The molecular weight excluding hydrogens is 354 g/mol. The smallest absolute Gasteiger partial charge is 0.264 e. The number of hydrogen-bond acceptors (Lipinski definition) is 5. The number of amides is 1. The summed E-state index contributed by atoms with van der Waals surface area (Å²) in [4.78, 5) is 18.7. The van der Waals surface area contributed by atoms with Crippen LogP contribution in [0.3, 0.4) is 0 Å². The quantitative estimate of drug-likeness (QED) is 0.621. The zero-order valence-electron chi connectivity index (χ0n) is 15.9. The summed E-state index contributed by atoms with van der Waals surface area (Å²) >= 11 is 0. The molecule has 4 rings (SSSR count). The minimum atomic E-state index is -0.0345. The first kappa shape index (κ1) is 18.2. The minimum Gasteiger partial charge on any atom is -0.484 e. The average molecular weight is 377 g/mol. The number of aryl methyl sites for hydroxylation is 1. The van der Waals surface area contributed by atoms with E-state index in [2.05, 4.69) is 23.1 Å². The van der Waals surface area contributed by atoms with Gasteiger partial charge in [0.2, 0.25) is 11.7 Å². The van der Waals surface area contributed by atoms with Gasteiger partial charge in [-0.25, -0.2) is 0 Å². The van der Waals surface area contributed by atoms with Crippen molar-refractivity contribution in [1.82, 2.24) is 10.1 Å². The fraction of sp³-hybridized carbons (Fsp3) is 0.318. The molecule has 28 heavy (non-hydrogen) atoms. The van der Waals surface area contributed by atoms with Crippen LogP contribution in [0.4, 0.5) is 5.69 Å². The molecular formula is C22H23N3O3. The van der Waals surface area contributed by atoms with Gasteiger partial charge in [-0.1, -0.05) is 36.7 Å². The standard InChI is InChI=1S/C22H23N3O3/c1-2-3-8-20-23-22(24-28-20)17-9-11-18(12-10-17)27-15-21(26)25-14-13-16-6-4-5-7-19(16)25/h4-7,9-12H,2-3,8,13-15H2,1H3. The van der Waals surface area contributed by atoms with Crippen molar-refractivity contribution in [2.24, 2.45) is 0 Å². The summed E-state index contributed by atoms with van der Waals surface area (Å²) in [5, 5.41) is 4.03. The van der Waals surface area contributed by atoms with Gasteiger partial charge in [0, 0.05) is 24.2 Å². The van der Waals surface area contributed by atoms with Crippen molar-refractivity contribution in [3.05, 3.63) is 60.0 Å². The molecule has 2 heterocycles. The Kier molecular flexibility index (Phi) is 5.37. The van der Waals surface area contributed by atoms with Crippen molar-refractivity contribution in [2.75, 3.05) is 18.1 Å². The van der Waals surface area contributed by atoms with E-state index in [1.165, 1.54) is 5.56 Å². The molecule has 1 aliphatic heterocycles. The average Bonchev–Trinajstić information content (AvgIpc) is 3.38. The van der Waals surface area contributed by atoms with Crippen molar-refractivity contribution in [3.63, 3.8) is 0 Å². The number of para-hydroxylation sites is 1. The van der Waals surface area contributed by atoms with Crippen LogP contribution in [0.15, 0.2) is 53.1 Å². The summed E-state index contributed by atoms with van der Waals surface area (Å²) < 4.78 is 11.0. The highest BCUT2D eigenvalue weighted by molar-refractivity contribution is 5.96. The monoisotopic (exact) mass is 377 g/mol. The number of carbonyl (C=O) groups is 1. The Morgan fingerprint density at radius 3 is 2.82 bits per heavy atom. The van der Waals surface area contributed by atoms with Crippen LogP contribution in [0.25, 0.3) is 11.4 Å². The number of ether oxygens (including phenoxy) is 1. The van der Waals surface area contributed by atoms with Crippen LogP contribution in [-0.4, -0.2) is 29.2 Å². The van der Waals surface area contributed by atoms with Crippen LogP contribution >= 0.6 is 0 Å². The molecule has 144 valence electrons. The molecule has 3 aromatic rings. The lowest BCUT2D eigenvalue weighted by molar-refractivity contribution is -0.120. The highest BCUT2D eigenvalue weighted by Gasteiger charge is 2.24. The molecule has 0 bridgehead atoms. The maximum Gasteiger partial charge on any atom is 0.264 e. The van der Waals surface area contributed by atoms with Crippen molar-refractivity contribution in [3.8, 4) is 17.1 Å². The molecule has 0 fully saturated rings. The summed E-state index contributed by atoms with van der Waals surface area (Å²) in [5.41, 5.74) is 3.06. The second kappa shape index (κ2) is 8.25. The van der Waals surface area contributed by atoms with Crippen LogP contribution in [0.1, 0.15) is 31.2 Å². The van der Waals surface area contributed by atoms with Gasteiger partial charge >= 0.3 is 0 Å². The zero-order chi connectivity index (χ0) is 19.3. The molecule has 6 heteroatoms.